The van der Waals surface area contributed by atoms with Gasteiger partial charge in [-0.2, -0.15) is 13.2 Å². The molecule has 0 atom stereocenters. The zero-order chi connectivity index (χ0) is 21.2. The fourth-order valence-corrected chi connectivity index (χ4v) is 2.97. The summed E-state index contributed by atoms with van der Waals surface area (Å²) in [6, 6.07) is 7.85. The highest BCUT2D eigenvalue weighted by molar-refractivity contribution is 7.14. The van der Waals surface area contributed by atoms with Crippen LogP contribution in [0.25, 0.3) is 11.3 Å². The lowest BCUT2D eigenvalue weighted by molar-refractivity contribution is -0.167. The van der Waals surface area contributed by atoms with Gasteiger partial charge in [-0.25, -0.2) is 13.8 Å². The molecule has 5 nitrogen and oxygen atoms in total. The van der Waals surface area contributed by atoms with Gasteiger partial charge in [0.15, 0.2) is 5.13 Å². The molecule has 0 aliphatic carbocycles. The molecule has 29 heavy (non-hydrogen) atoms. The van der Waals surface area contributed by atoms with Crippen LogP contribution in [0.4, 0.5) is 32.8 Å². The maximum Gasteiger partial charge on any atom is 0.471 e. The predicted octanol–water partition coefficient (Wildman–Crippen LogP) is 4.84. The van der Waals surface area contributed by atoms with Gasteiger partial charge in [0.25, 0.3) is 5.91 Å². The molecule has 1 aromatic heterocycles. The molecule has 3 rings (SSSR count). The number of nitrogens with zero attached hydrogens (tertiary/aromatic N) is 1. The second kappa shape index (κ2) is 7.95. The molecule has 0 spiro atoms. The van der Waals surface area contributed by atoms with E-state index in [0.29, 0.717) is 17.3 Å². The summed E-state index contributed by atoms with van der Waals surface area (Å²) >= 11 is 1.02. The second-order valence-electron chi connectivity index (χ2n) is 5.64. The first kappa shape index (κ1) is 20.4. The largest absolute Gasteiger partial charge is 0.471 e. The Morgan fingerprint density at radius 2 is 1.59 bits per heavy atom. The van der Waals surface area contributed by atoms with Gasteiger partial charge in [0.05, 0.1) is 16.9 Å². The number of benzene rings is 2. The van der Waals surface area contributed by atoms with Gasteiger partial charge in [0.2, 0.25) is 0 Å². The highest BCUT2D eigenvalue weighted by Crippen LogP contribution is 2.27. The number of hydrogen-bond donors (Lipinski definition) is 2. The Morgan fingerprint density at radius 3 is 2.24 bits per heavy atom. The Balaban J connectivity index is 1.81. The van der Waals surface area contributed by atoms with Gasteiger partial charge in [-0.3, -0.25) is 14.9 Å². The minimum Gasteiger partial charge on any atom is -0.317 e. The van der Waals surface area contributed by atoms with E-state index in [1.165, 1.54) is 29.6 Å². The zero-order valence-corrected chi connectivity index (χ0v) is 15.0. The molecule has 2 amide bonds. The fraction of sp³-hybridized carbons (Fsp3) is 0.0556. The Labute approximate surface area is 164 Å². The van der Waals surface area contributed by atoms with Gasteiger partial charge in [0.1, 0.15) is 11.6 Å². The van der Waals surface area contributed by atoms with Crippen LogP contribution in [0.3, 0.4) is 0 Å². The van der Waals surface area contributed by atoms with Crippen molar-refractivity contribution in [1.29, 1.82) is 0 Å². The van der Waals surface area contributed by atoms with Crippen LogP contribution in [-0.4, -0.2) is 23.0 Å². The van der Waals surface area contributed by atoms with Crippen LogP contribution in [0.2, 0.25) is 0 Å². The first-order valence-corrected chi connectivity index (χ1v) is 8.72. The molecule has 0 unspecified atom stereocenters. The average molecular weight is 427 g/mol. The third kappa shape index (κ3) is 4.93. The number of carbonyl (C=O) groups is 2. The second-order valence-corrected chi connectivity index (χ2v) is 6.50. The van der Waals surface area contributed by atoms with Crippen LogP contribution < -0.4 is 10.6 Å². The minimum atomic E-state index is -5.21. The topological polar surface area (TPSA) is 71.1 Å². The Kier molecular flexibility index (Phi) is 5.59. The molecule has 0 bridgehead atoms. The monoisotopic (exact) mass is 427 g/mol. The summed E-state index contributed by atoms with van der Waals surface area (Å²) in [7, 11) is 0. The summed E-state index contributed by atoms with van der Waals surface area (Å²) in [5.41, 5.74) is 0.000681. The van der Waals surface area contributed by atoms with Gasteiger partial charge in [-0.1, -0.05) is 0 Å². The number of anilines is 2. The van der Waals surface area contributed by atoms with Crippen LogP contribution in [0, 0.1) is 11.6 Å². The number of aromatic nitrogens is 1. The third-order valence-corrected chi connectivity index (χ3v) is 4.35. The normalized spacial score (nSPS) is 11.2. The first-order chi connectivity index (χ1) is 13.6. The molecule has 0 saturated heterocycles. The van der Waals surface area contributed by atoms with Gasteiger partial charge < -0.3 is 5.32 Å². The molecular formula is C18H10F5N3O2S. The number of thiazole rings is 1. The Hall–Kier alpha value is -3.34. The van der Waals surface area contributed by atoms with Crippen LogP contribution in [0.5, 0.6) is 0 Å². The van der Waals surface area contributed by atoms with E-state index in [9.17, 15) is 31.5 Å². The molecule has 2 aromatic carbocycles. The summed E-state index contributed by atoms with van der Waals surface area (Å²) < 4.78 is 63.8. The van der Waals surface area contributed by atoms with Crippen LogP contribution in [0.1, 0.15) is 10.4 Å². The Bertz CT molecular complexity index is 1060. The molecule has 0 aliphatic rings. The Morgan fingerprint density at radius 1 is 0.931 bits per heavy atom. The molecule has 3 aromatic rings. The quantitative estimate of drug-likeness (QED) is 0.586. The number of amides is 2. The van der Waals surface area contributed by atoms with Gasteiger partial charge in [-0.15, -0.1) is 11.3 Å². The summed E-state index contributed by atoms with van der Waals surface area (Å²) in [4.78, 5) is 27.7. The summed E-state index contributed by atoms with van der Waals surface area (Å²) in [6.07, 6.45) is -5.21. The van der Waals surface area contributed by atoms with Crippen molar-refractivity contribution in [2.75, 3.05) is 10.6 Å². The van der Waals surface area contributed by atoms with Crippen molar-refractivity contribution in [3.8, 4) is 11.3 Å². The van der Waals surface area contributed by atoms with E-state index in [4.69, 9.17) is 0 Å². The van der Waals surface area contributed by atoms with Gasteiger partial charge in [0, 0.05) is 10.9 Å². The molecule has 2 N–H and O–H groups in total. The summed E-state index contributed by atoms with van der Waals surface area (Å²) in [5.74, 6) is -4.61. The molecule has 11 heteroatoms. The first-order valence-electron chi connectivity index (χ1n) is 7.84. The highest BCUT2D eigenvalue weighted by atomic mass is 32.1. The third-order valence-electron chi connectivity index (χ3n) is 3.60. The minimum absolute atomic E-state index is 0.103. The van der Waals surface area contributed by atoms with Gasteiger partial charge >= 0.3 is 12.1 Å². The molecular weight excluding hydrogens is 417 g/mol. The average Bonchev–Trinajstić information content (AvgIpc) is 3.10. The van der Waals surface area contributed by atoms with Crippen LogP contribution in [-0.2, 0) is 4.79 Å². The molecule has 0 aliphatic heterocycles. The fourth-order valence-electron chi connectivity index (χ4n) is 2.26. The van der Waals surface area contributed by atoms with E-state index < -0.39 is 35.3 Å². The number of nitrogens with one attached hydrogen (secondary N) is 2. The molecule has 150 valence electrons. The summed E-state index contributed by atoms with van der Waals surface area (Å²) in [5, 5.41) is 5.53. The lowest BCUT2D eigenvalue weighted by atomic mass is 10.1. The number of alkyl halides is 3. The van der Waals surface area contributed by atoms with Crippen LogP contribution in [0.15, 0.2) is 47.8 Å². The number of hydrogen-bond acceptors (Lipinski definition) is 4. The van der Waals surface area contributed by atoms with E-state index in [-0.39, 0.29) is 10.7 Å². The van der Waals surface area contributed by atoms with Gasteiger partial charge in [-0.05, 0) is 42.5 Å². The molecule has 0 fully saturated rings. The van der Waals surface area contributed by atoms with E-state index in [1.54, 1.807) is 5.38 Å². The molecule has 1 heterocycles. The van der Waals surface area contributed by atoms with Crippen molar-refractivity contribution in [2.45, 2.75) is 6.18 Å². The lowest BCUT2D eigenvalue weighted by Gasteiger charge is -2.12. The summed E-state index contributed by atoms with van der Waals surface area (Å²) in [6.45, 7) is 0. The van der Waals surface area contributed by atoms with E-state index in [1.807, 2.05) is 0 Å². The van der Waals surface area contributed by atoms with Crippen LogP contribution >= 0.6 is 11.3 Å². The lowest BCUT2D eigenvalue weighted by Crippen LogP contribution is -2.31. The zero-order valence-electron chi connectivity index (χ0n) is 14.2. The standard InChI is InChI=1S/C18H10F5N3O2S/c19-10-3-1-9(2-4-10)14-8-29-17(25-14)26-15(27)12-6-5-11(20)7-13(12)24-16(28)18(21,22)23/h1-8H,(H,24,28)(H,25,26,27). The smallest absolute Gasteiger partial charge is 0.317 e. The van der Waals surface area contributed by atoms with Crippen molar-refractivity contribution in [3.05, 3.63) is 65.0 Å². The van der Waals surface area contributed by atoms with Crippen molar-refractivity contribution < 1.29 is 31.5 Å². The van der Waals surface area contributed by atoms with Crippen molar-refractivity contribution >= 4 is 34.0 Å². The number of halogens is 5. The van der Waals surface area contributed by atoms with E-state index >= 15 is 0 Å². The predicted molar refractivity (Wildman–Crippen MR) is 96.5 cm³/mol. The molecule has 0 radical (unpaired) electrons. The van der Waals surface area contributed by atoms with E-state index in [2.05, 4.69) is 10.3 Å². The van der Waals surface area contributed by atoms with Crippen molar-refractivity contribution in [3.63, 3.8) is 0 Å². The highest BCUT2D eigenvalue weighted by Gasteiger charge is 2.39. The number of rotatable bonds is 4. The molecule has 0 saturated carbocycles. The number of carbonyl (C=O) groups excluding carboxylic acids is 2. The SMILES string of the molecule is O=C(Nc1nc(-c2ccc(F)cc2)cs1)c1ccc(F)cc1NC(=O)C(F)(F)F. The maximum atomic E-state index is 13.4. The van der Waals surface area contributed by atoms with Crippen molar-refractivity contribution in [1.82, 2.24) is 4.98 Å². The van der Waals surface area contributed by atoms with Crippen molar-refractivity contribution in [2.24, 2.45) is 0 Å². The maximum absolute atomic E-state index is 13.4. The van der Waals surface area contributed by atoms with E-state index in [0.717, 1.165) is 23.5 Å².